The number of piperidine rings is 2. The Morgan fingerprint density at radius 2 is 1.89 bits per heavy atom. The summed E-state index contributed by atoms with van der Waals surface area (Å²) in [6.07, 6.45) is 6.12. The number of fused-ring (bicyclic) bond motifs is 1. The highest BCUT2D eigenvalue weighted by Crippen LogP contribution is 2.31. The maximum atomic E-state index is 14.5. The van der Waals surface area contributed by atoms with Crippen LogP contribution >= 0.6 is 0 Å². The first kappa shape index (κ1) is 25.1. The first-order valence-electron chi connectivity index (χ1n) is 13.0. The van der Waals surface area contributed by atoms with Crippen LogP contribution in [0, 0.1) is 5.82 Å². The van der Waals surface area contributed by atoms with Crippen LogP contribution in [0.1, 0.15) is 43.7 Å². The van der Waals surface area contributed by atoms with Gasteiger partial charge in [-0.3, -0.25) is 14.5 Å². The Morgan fingerprint density at radius 1 is 1.11 bits per heavy atom. The van der Waals surface area contributed by atoms with Gasteiger partial charge in [0.05, 0.1) is 6.20 Å². The molecule has 196 valence electrons. The van der Waals surface area contributed by atoms with E-state index in [4.69, 9.17) is 0 Å². The second kappa shape index (κ2) is 10.8. The number of carbonyl (C=O) groups is 2. The number of amides is 2. The molecular formula is C27H34FN7O2. The SMILES string of the molecule is C=CC(=O)N1CCC[C@@H](Nc2nc(Nc3ccc4c(c3)CN(C3CCN(C(C)=O)CC3)C4)ncc2F)C1. The molecule has 3 aliphatic rings. The summed E-state index contributed by atoms with van der Waals surface area (Å²) < 4.78 is 14.5. The van der Waals surface area contributed by atoms with Crippen LogP contribution in [-0.4, -0.2) is 74.7 Å². The molecule has 1 atom stereocenters. The van der Waals surface area contributed by atoms with Gasteiger partial charge in [-0.25, -0.2) is 9.37 Å². The van der Waals surface area contributed by atoms with Gasteiger partial charge in [-0.1, -0.05) is 12.6 Å². The molecule has 9 nitrogen and oxygen atoms in total. The van der Waals surface area contributed by atoms with E-state index in [0.717, 1.165) is 63.7 Å². The lowest BCUT2D eigenvalue weighted by atomic mass is 10.0. The molecule has 10 heteroatoms. The summed E-state index contributed by atoms with van der Waals surface area (Å²) >= 11 is 0. The number of anilines is 3. The number of carbonyl (C=O) groups excluding carboxylic acids is 2. The number of nitrogens with one attached hydrogen (secondary N) is 2. The first-order chi connectivity index (χ1) is 17.9. The van der Waals surface area contributed by atoms with Crippen LogP contribution in [0.4, 0.5) is 21.8 Å². The summed E-state index contributed by atoms with van der Waals surface area (Å²) in [5.41, 5.74) is 3.41. The summed E-state index contributed by atoms with van der Waals surface area (Å²) in [6.45, 7) is 9.77. The molecule has 0 spiro atoms. The van der Waals surface area contributed by atoms with Gasteiger partial charge in [0, 0.05) is 64.0 Å². The third-order valence-electron chi connectivity index (χ3n) is 7.63. The van der Waals surface area contributed by atoms with Crippen molar-refractivity contribution in [1.82, 2.24) is 24.7 Å². The van der Waals surface area contributed by atoms with E-state index in [1.165, 1.54) is 17.2 Å². The van der Waals surface area contributed by atoms with E-state index in [0.29, 0.717) is 25.1 Å². The van der Waals surface area contributed by atoms with Crippen molar-refractivity contribution in [2.75, 3.05) is 36.8 Å². The van der Waals surface area contributed by atoms with Gasteiger partial charge in [0.15, 0.2) is 11.6 Å². The average molecular weight is 508 g/mol. The molecule has 37 heavy (non-hydrogen) atoms. The van der Waals surface area contributed by atoms with Crippen LogP contribution in [0.5, 0.6) is 0 Å². The van der Waals surface area contributed by atoms with Crippen molar-refractivity contribution in [3.63, 3.8) is 0 Å². The zero-order chi connectivity index (χ0) is 25.9. The largest absolute Gasteiger partial charge is 0.363 e. The van der Waals surface area contributed by atoms with Crippen molar-refractivity contribution in [1.29, 1.82) is 0 Å². The smallest absolute Gasteiger partial charge is 0.246 e. The molecule has 4 heterocycles. The van der Waals surface area contributed by atoms with Gasteiger partial charge in [0.2, 0.25) is 17.8 Å². The minimum absolute atomic E-state index is 0.0943. The molecule has 2 amide bonds. The molecule has 2 fully saturated rings. The zero-order valence-electron chi connectivity index (χ0n) is 21.3. The molecule has 0 aliphatic carbocycles. The number of rotatable bonds is 6. The summed E-state index contributed by atoms with van der Waals surface area (Å²) in [5, 5.41) is 6.37. The highest BCUT2D eigenvalue weighted by molar-refractivity contribution is 5.87. The molecule has 2 aromatic rings. The van der Waals surface area contributed by atoms with Gasteiger partial charge in [0.1, 0.15) is 0 Å². The van der Waals surface area contributed by atoms with Crippen molar-refractivity contribution in [3.8, 4) is 0 Å². The predicted molar refractivity (Wildman–Crippen MR) is 140 cm³/mol. The number of hydrogen-bond donors (Lipinski definition) is 2. The number of hydrogen-bond acceptors (Lipinski definition) is 7. The van der Waals surface area contributed by atoms with Gasteiger partial charge in [-0.2, -0.15) is 4.98 Å². The first-order valence-corrected chi connectivity index (χ1v) is 13.0. The maximum Gasteiger partial charge on any atom is 0.246 e. The van der Waals surface area contributed by atoms with E-state index >= 15 is 0 Å². The minimum Gasteiger partial charge on any atom is -0.363 e. The third-order valence-corrected chi connectivity index (χ3v) is 7.63. The fourth-order valence-corrected chi connectivity index (χ4v) is 5.58. The molecule has 2 N–H and O–H groups in total. The molecule has 0 bridgehead atoms. The molecule has 1 aromatic carbocycles. The van der Waals surface area contributed by atoms with E-state index < -0.39 is 5.82 Å². The summed E-state index contributed by atoms with van der Waals surface area (Å²) in [7, 11) is 0. The van der Waals surface area contributed by atoms with E-state index in [-0.39, 0.29) is 23.7 Å². The van der Waals surface area contributed by atoms with Crippen molar-refractivity contribution in [2.45, 2.75) is 57.8 Å². The molecule has 0 unspecified atom stereocenters. The van der Waals surface area contributed by atoms with Gasteiger partial charge >= 0.3 is 0 Å². The summed E-state index contributed by atoms with van der Waals surface area (Å²) in [4.78, 5) is 38.3. The van der Waals surface area contributed by atoms with E-state index in [2.05, 4.69) is 44.2 Å². The van der Waals surface area contributed by atoms with Crippen LogP contribution < -0.4 is 10.6 Å². The lowest BCUT2D eigenvalue weighted by Gasteiger charge is -2.36. The van der Waals surface area contributed by atoms with Gasteiger partial charge in [-0.05, 0) is 55.0 Å². The van der Waals surface area contributed by atoms with Crippen LogP contribution in [0.25, 0.3) is 0 Å². The van der Waals surface area contributed by atoms with Crippen LogP contribution in [-0.2, 0) is 22.7 Å². The fraction of sp³-hybridized carbons (Fsp3) is 0.481. The van der Waals surface area contributed by atoms with Crippen LogP contribution in [0.3, 0.4) is 0 Å². The van der Waals surface area contributed by atoms with Crippen molar-refractivity contribution < 1.29 is 14.0 Å². The topological polar surface area (TPSA) is 93.7 Å². The maximum absolute atomic E-state index is 14.5. The molecule has 0 radical (unpaired) electrons. The van der Waals surface area contributed by atoms with Crippen molar-refractivity contribution >= 4 is 29.3 Å². The number of halogens is 1. The zero-order valence-corrected chi connectivity index (χ0v) is 21.3. The number of benzene rings is 1. The summed E-state index contributed by atoms with van der Waals surface area (Å²) in [5.74, 6) is -0.0552. The Bertz CT molecular complexity index is 1180. The molecule has 1 aromatic heterocycles. The Kier molecular flexibility index (Phi) is 7.36. The fourth-order valence-electron chi connectivity index (χ4n) is 5.58. The van der Waals surface area contributed by atoms with E-state index in [1.54, 1.807) is 11.8 Å². The highest BCUT2D eigenvalue weighted by atomic mass is 19.1. The quantitative estimate of drug-likeness (QED) is 0.580. The Morgan fingerprint density at radius 3 is 2.65 bits per heavy atom. The number of aromatic nitrogens is 2. The minimum atomic E-state index is -0.530. The predicted octanol–water partition coefficient (Wildman–Crippen LogP) is 3.27. The molecule has 3 aliphatic heterocycles. The Labute approximate surface area is 216 Å². The molecule has 2 saturated heterocycles. The highest BCUT2D eigenvalue weighted by Gasteiger charge is 2.30. The second-order valence-corrected chi connectivity index (χ2v) is 10.1. The Balaban J connectivity index is 1.21. The second-order valence-electron chi connectivity index (χ2n) is 10.1. The van der Waals surface area contributed by atoms with E-state index in [9.17, 15) is 14.0 Å². The third kappa shape index (κ3) is 5.74. The van der Waals surface area contributed by atoms with Gasteiger partial charge < -0.3 is 20.4 Å². The van der Waals surface area contributed by atoms with Gasteiger partial charge in [0.25, 0.3) is 0 Å². The molecule has 0 saturated carbocycles. The monoisotopic (exact) mass is 507 g/mol. The normalized spacial score (nSPS) is 20.4. The average Bonchev–Trinajstić information content (AvgIpc) is 3.34. The molecule has 5 rings (SSSR count). The van der Waals surface area contributed by atoms with Crippen molar-refractivity contribution in [2.24, 2.45) is 0 Å². The van der Waals surface area contributed by atoms with Gasteiger partial charge in [-0.15, -0.1) is 0 Å². The molecular weight excluding hydrogens is 473 g/mol. The number of likely N-dealkylation sites (tertiary alicyclic amines) is 2. The Hall–Kier alpha value is -3.53. The lowest BCUT2D eigenvalue weighted by Crippen LogP contribution is -2.44. The van der Waals surface area contributed by atoms with Crippen LogP contribution in [0.15, 0.2) is 37.1 Å². The standard InChI is InChI=1S/C27H34FN7O2/c1-3-25(37)34-10-4-5-22(17-34)30-26-24(28)14-29-27(32-26)31-21-7-6-19-15-35(16-20(19)13-21)23-8-11-33(12-9-23)18(2)36/h3,6-7,13-14,22-23H,1,4-5,8-12,15-17H2,2H3,(H2,29,30,31,32)/t22-/m1/s1. The van der Waals surface area contributed by atoms with E-state index in [1.807, 2.05) is 11.0 Å². The summed E-state index contributed by atoms with van der Waals surface area (Å²) in [6, 6.07) is 6.62. The van der Waals surface area contributed by atoms with Crippen LogP contribution in [0.2, 0.25) is 0 Å². The van der Waals surface area contributed by atoms with Crippen molar-refractivity contribution in [3.05, 3.63) is 54.0 Å². The number of nitrogens with zero attached hydrogens (tertiary/aromatic N) is 5. The lowest BCUT2D eigenvalue weighted by molar-refractivity contribution is -0.130.